The van der Waals surface area contributed by atoms with Gasteiger partial charge in [-0.3, -0.25) is 0 Å². The van der Waals surface area contributed by atoms with Gasteiger partial charge in [0.1, 0.15) is 0 Å². The van der Waals surface area contributed by atoms with Crippen LogP contribution in [0.3, 0.4) is 0 Å². The predicted molar refractivity (Wildman–Crippen MR) is 61.1 cm³/mol. The van der Waals surface area contributed by atoms with Gasteiger partial charge in [0.15, 0.2) is 0 Å². The van der Waals surface area contributed by atoms with E-state index in [2.05, 4.69) is 26.0 Å². The standard InChI is InChI=1S/C13H22O/c1-13(2)9-7-12(8-10-13)6-4-5-11-14-3/h5,7,11H,4,6,8-10H2,1-3H3. The molecule has 0 spiro atoms. The third kappa shape index (κ3) is 3.99. The van der Waals surface area contributed by atoms with Gasteiger partial charge in [-0.05, 0) is 43.6 Å². The molecule has 80 valence electrons. The summed E-state index contributed by atoms with van der Waals surface area (Å²) in [5, 5.41) is 0. The van der Waals surface area contributed by atoms with Crippen molar-refractivity contribution in [1.29, 1.82) is 0 Å². The normalized spacial score (nSPS) is 20.9. The molecule has 1 heteroatoms. The van der Waals surface area contributed by atoms with Crippen LogP contribution in [0.4, 0.5) is 0 Å². The summed E-state index contributed by atoms with van der Waals surface area (Å²) < 4.78 is 4.86. The van der Waals surface area contributed by atoms with E-state index in [0.29, 0.717) is 5.41 Å². The SMILES string of the molecule is COC=CCCC1=CCC(C)(C)CC1. The van der Waals surface area contributed by atoms with Crippen molar-refractivity contribution in [2.24, 2.45) is 5.41 Å². The van der Waals surface area contributed by atoms with Crippen molar-refractivity contribution < 1.29 is 4.74 Å². The Morgan fingerprint density at radius 2 is 2.29 bits per heavy atom. The number of ether oxygens (including phenoxy) is 1. The van der Waals surface area contributed by atoms with Crippen molar-refractivity contribution in [1.82, 2.24) is 0 Å². The molecule has 0 aromatic rings. The summed E-state index contributed by atoms with van der Waals surface area (Å²) in [4.78, 5) is 0. The Kier molecular flexibility index (Phi) is 4.24. The van der Waals surface area contributed by atoms with Crippen molar-refractivity contribution in [2.45, 2.75) is 46.0 Å². The summed E-state index contributed by atoms with van der Waals surface area (Å²) in [5.74, 6) is 0. The summed E-state index contributed by atoms with van der Waals surface area (Å²) in [6, 6.07) is 0. The van der Waals surface area contributed by atoms with Crippen LogP contribution < -0.4 is 0 Å². The molecule has 1 aliphatic carbocycles. The van der Waals surface area contributed by atoms with Gasteiger partial charge in [-0.25, -0.2) is 0 Å². The second kappa shape index (κ2) is 5.23. The number of hydrogen-bond donors (Lipinski definition) is 0. The summed E-state index contributed by atoms with van der Waals surface area (Å²) in [6.07, 6.45) is 12.5. The third-order valence-corrected chi connectivity index (χ3v) is 2.93. The maximum Gasteiger partial charge on any atom is 0.0784 e. The molecule has 0 heterocycles. The highest BCUT2D eigenvalue weighted by Gasteiger charge is 2.20. The zero-order valence-corrected chi connectivity index (χ0v) is 9.68. The lowest BCUT2D eigenvalue weighted by atomic mass is 9.77. The molecule has 0 aromatic carbocycles. The minimum absolute atomic E-state index is 0.534. The van der Waals surface area contributed by atoms with Gasteiger partial charge in [0.05, 0.1) is 13.4 Å². The second-order valence-corrected chi connectivity index (χ2v) is 4.88. The molecule has 0 fully saturated rings. The molecule has 0 radical (unpaired) electrons. The molecule has 0 atom stereocenters. The number of rotatable bonds is 4. The van der Waals surface area contributed by atoms with Crippen LogP contribution in [0, 0.1) is 5.41 Å². The van der Waals surface area contributed by atoms with Crippen LogP contribution in [0.15, 0.2) is 24.0 Å². The first kappa shape index (κ1) is 11.4. The average Bonchev–Trinajstić information content (AvgIpc) is 2.15. The smallest absolute Gasteiger partial charge is 0.0784 e. The topological polar surface area (TPSA) is 9.23 Å². The fraction of sp³-hybridized carbons (Fsp3) is 0.692. The van der Waals surface area contributed by atoms with Crippen LogP contribution in [0.25, 0.3) is 0 Å². The minimum atomic E-state index is 0.534. The molecule has 0 saturated heterocycles. The van der Waals surface area contributed by atoms with Crippen LogP contribution in [-0.4, -0.2) is 7.11 Å². The fourth-order valence-corrected chi connectivity index (χ4v) is 1.78. The average molecular weight is 194 g/mol. The van der Waals surface area contributed by atoms with E-state index in [-0.39, 0.29) is 0 Å². The van der Waals surface area contributed by atoms with Crippen LogP contribution >= 0.6 is 0 Å². The molecular formula is C13H22O. The molecule has 0 unspecified atom stereocenters. The van der Waals surface area contributed by atoms with Gasteiger partial charge in [0, 0.05) is 0 Å². The highest BCUT2D eigenvalue weighted by molar-refractivity contribution is 5.09. The van der Waals surface area contributed by atoms with Crippen molar-refractivity contribution in [3.05, 3.63) is 24.0 Å². The van der Waals surface area contributed by atoms with Crippen molar-refractivity contribution in [2.75, 3.05) is 7.11 Å². The van der Waals surface area contributed by atoms with Crippen molar-refractivity contribution in [3.63, 3.8) is 0 Å². The third-order valence-electron chi connectivity index (χ3n) is 2.93. The summed E-state index contributed by atoms with van der Waals surface area (Å²) in [7, 11) is 1.69. The van der Waals surface area contributed by atoms with E-state index in [1.54, 1.807) is 18.9 Å². The van der Waals surface area contributed by atoms with E-state index in [1.807, 2.05) is 0 Å². The van der Waals surface area contributed by atoms with Gasteiger partial charge in [-0.15, -0.1) is 0 Å². The van der Waals surface area contributed by atoms with Crippen LogP contribution in [0.1, 0.15) is 46.0 Å². The Balaban J connectivity index is 2.27. The lowest BCUT2D eigenvalue weighted by molar-refractivity contribution is 0.321. The predicted octanol–water partition coefficient (Wildman–Crippen LogP) is 4.06. The van der Waals surface area contributed by atoms with Crippen LogP contribution in [0.5, 0.6) is 0 Å². The van der Waals surface area contributed by atoms with Crippen LogP contribution in [-0.2, 0) is 4.74 Å². The molecule has 1 aliphatic rings. The summed E-state index contributed by atoms with van der Waals surface area (Å²) in [5.41, 5.74) is 2.16. The quantitative estimate of drug-likeness (QED) is 0.484. The molecule has 0 saturated carbocycles. The van der Waals surface area contributed by atoms with Crippen molar-refractivity contribution >= 4 is 0 Å². The molecule has 0 aliphatic heterocycles. The molecule has 0 N–H and O–H groups in total. The first-order valence-corrected chi connectivity index (χ1v) is 5.50. The molecule has 14 heavy (non-hydrogen) atoms. The number of hydrogen-bond acceptors (Lipinski definition) is 1. The Bertz CT molecular complexity index is 223. The lowest BCUT2D eigenvalue weighted by Crippen LogP contribution is -2.14. The zero-order chi connectivity index (χ0) is 10.4. The summed E-state index contributed by atoms with van der Waals surface area (Å²) >= 11 is 0. The van der Waals surface area contributed by atoms with Gasteiger partial charge in [-0.1, -0.05) is 25.5 Å². The van der Waals surface area contributed by atoms with E-state index >= 15 is 0 Å². The van der Waals surface area contributed by atoms with Gasteiger partial charge < -0.3 is 4.74 Å². The van der Waals surface area contributed by atoms with E-state index < -0.39 is 0 Å². The molecule has 1 nitrogen and oxygen atoms in total. The molecule has 1 rings (SSSR count). The highest BCUT2D eigenvalue weighted by Crippen LogP contribution is 2.35. The van der Waals surface area contributed by atoms with E-state index in [0.717, 1.165) is 6.42 Å². The Labute approximate surface area is 87.8 Å². The molecule has 0 aromatic heterocycles. The largest absolute Gasteiger partial charge is 0.505 e. The minimum Gasteiger partial charge on any atom is -0.505 e. The molecule has 0 amide bonds. The highest BCUT2D eigenvalue weighted by atomic mass is 16.5. The summed E-state index contributed by atoms with van der Waals surface area (Å²) in [6.45, 7) is 4.70. The Morgan fingerprint density at radius 3 is 2.86 bits per heavy atom. The van der Waals surface area contributed by atoms with Crippen LogP contribution in [0.2, 0.25) is 0 Å². The number of methoxy groups -OCH3 is 1. The van der Waals surface area contributed by atoms with Gasteiger partial charge in [0.25, 0.3) is 0 Å². The lowest BCUT2D eigenvalue weighted by Gasteiger charge is -2.28. The van der Waals surface area contributed by atoms with Gasteiger partial charge >= 0.3 is 0 Å². The monoisotopic (exact) mass is 194 g/mol. The van der Waals surface area contributed by atoms with Gasteiger partial charge in [0.2, 0.25) is 0 Å². The van der Waals surface area contributed by atoms with Gasteiger partial charge in [-0.2, -0.15) is 0 Å². The first-order chi connectivity index (χ1) is 6.64. The van der Waals surface area contributed by atoms with E-state index in [1.165, 1.54) is 25.7 Å². The first-order valence-electron chi connectivity index (χ1n) is 5.50. The Hall–Kier alpha value is -0.720. The molecular weight excluding hydrogens is 172 g/mol. The van der Waals surface area contributed by atoms with Crippen molar-refractivity contribution in [3.8, 4) is 0 Å². The fourth-order valence-electron chi connectivity index (χ4n) is 1.78. The van der Waals surface area contributed by atoms with E-state index in [4.69, 9.17) is 4.74 Å². The maximum absolute atomic E-state index is 4.86. The maximum atomic E-state index is 4.86. The number of allylic oxidation sites excluding steroid dienone is 3. The zero-order valence-electron chi connectivity index (χ0n) is 9.68. The molecule has 0 bridgehead atoms. The second-order valence-electron chi connectivity index (χ2n) is 4.88. The van der Waals surface area contributed by atoms with E-state index in [9.17, 15) is 0 Å². The Morgan fingerprint density at radius 1 is 1.50 bits per heavy atom.